The highest BCUT2D eigenvalue weighted by molar-refractivity contribution is 6.36. The Morgan fingerprint density at radius 1 is 1.18 bits per heavy atom. The van der Waals surface area contributed by atoms with E-state index in [1.54, 1.807) is 18.2 Å². The maximum Gasteiger partial charge on any atom is 0.787 e. The van der Waals surface area contributed by atoms with Crippen LogP contribution >= 0.6 is 0 Å². The van der Waals surface area contributed by atoms with Crippen LogP contribution in [0.25, 0.3) is 0 Å². The van der Waals surface area contributed by atoms with E-state index in [0.717, 1.165) is 0 Å². The molecule has 0 saturated heterocycles. The minimum absolute atomic E-state index is 0.220. The van der Waals surface area contributed by atoms with Crippen molar-refractivity contribution >= 4 is 7.40 Å². The summed E-state index contributed by atoms with van der Waals surface area (Å²) in [5.74, 6) is 0.220. The lowest BCUT2D eigenvalue weighted by atomic mass is 10.3. The molecule has 58 valence electrons. The van der Waals surface area contributed by atoms with Crippen LogP contribution in [-0.4, -0.2) is 7.40 Å². The summed E-state index contributed by atoms with van der Waals surface area (Å²) in [6.07, 6.45) is 0. The number of rotatable bonds is 3. The second-order valence-corrected chi connectivity index (χ2v) is 1.79. The zero-order valence-corrected chi connectivity index (χ0v) is 5.54. The Morgan fingerprint density at radius 2 is 1.82 bits per heavy atom. The highest BCUT2D eigenvalue weighted by Gasteiger charge is 2.21. The first-order valence-corrected chi connectivity index (χ1v) is 2.96. The summed E-state index contributed by atoms with van der Waals surface area (Å²) < 4.78 is 27.4. The van der Waals surface area contributed by atoms with Gasteiger partial charge in [-0.1, -0.05) is 22.7 Å². The fourth-order valence-electron chi connectivity index (χ4n) is 0.624. The second-order valence-electron chi connectivity index (χ2n) is 1.79. The van der Waals surface area contributed by atoms with Gasteiger partial charge in [-0.2, -0.15) is 4.86 Å². The van der Waals surface area contributed by atoms with E-state index in [4.69, 9.17) is 0 Å². The van der Waals surface area contributed by atoms with Crippen LogP contribution in [0.5, 0.6) is 5.75 Å². The quantitative estimate of drug-likeness (QED) is 0.625. The molecule has 0 heterocycles. The third kappa shape index (κ3) is 2.55. The topological polar surface area (TPSA) is 18.5 Å². The van der Waals surface area contributed by atoms with Crippen LogP contribution < -0.4 is 4.65 Å². The summed E-state index contributed by atoms with van der Waals surface area (Å²) in [4.78, 5) is 2.77. The van der Waals surface area contributed by atoms with Crippen LogP contribution in [0, 0.1) is 0 Å². The SMILES string of the molecule is FOB(F)Oc1ccccc1. The van der Waals surface area contributed by atoms with Crippen molar-refractivity contribution < 1.29 is 18.4 Å². The molecule has 0 atom stereocenters. The van der Waals surface area contributed by atoms with E-state index in [1.165, 1.54) is 12.1 Å². The van der Waals surface area contributed by atoms with Crippen molar-refractivity contribution in [3.8, 4) is 5.75 Å². The largest absolute Gasteiger partial charge is 0.787 e. The first-order chi connectivity index (χ1) is 5.33. The van der Waals surface area contributed by atoms with Gasteiger partial charge in [-0.3, -0.25) is 0 Å². The summed E-state index contributed by atoms with van der Waals surface area (Å²) in [6, 6.07) is 7.99. The maximum atomic E-state index is 12.0. The minimum Gasteiger partial charge on any atom is -0.507 e. The molecular weight excluding hydrogens is 153 g/mol. The van der Waals surface area contributed by atoms with Crippen molar-refractivity contribution in [2.24, 2.45) is 0 Å². The number of benzene rings is 1. The molecule has 0 amide bonds. The normalized spacial score (nSPS) is 9.27. The van der Waals surface area contributed by atoms with Gasteiger partial charge < -0.3 is 4.65 Å². The second kappa shape index (κ2) is 3.93. The summed E-state index contributed by atoms with van der Waals surface area (Å²) in [5.41, 5.74) is 0. The molecule has 0 spiro atoms. The molecule has 2 nitrogen and oxygen atoms in total. The predicted molar refractivity (Wildman–Crippen MR) is 36.1 cm³/mol. The Hall–Kier alpha value is -1.10. The predicted octanol–water partition coefficient (Wildman–Crippen LogP) is 1.92. The lowest BCUT2D eigenvalue weighted by Crippen LogP contribution is -2.16. The van der Waals surface area contributed by atoms with Gasteiger partial charge in [0.25, 0.3) is 0 Å². The number of halogens is 2. The van der Waals surface area contributed by atoms with Crippen LogP contribution in [0.3, 0.4) is 0 Å². The summed E-state index contributed by atoms with van der Waals surface area (Å²) >= 11 is 0. The molecule has 0 aliphatic rings. The van der Waals surface area contributed by atoms with Gasteiger partial charge in [-0.15, -0.1) is 0 Å². The van der Waals surface area contributed by atoms with E-state index in [-0.39, 0.29) is 5.75 Å². The molecule has 0 unspecified atom stereocenters. The first-order valence-electron chi connectivity index (χ1n) is 2.96. The van der Waals surface area contributed by atoms with E-state index in [9.17, 15) is 8.84 Å². The fraction of sp³-hybridized carbons (Fsp3) is 0. The van der Waals surface area contributed by atoms with Crippen molar-refractivity contribution in [1.29, 1.82) is 0 Å². The first kappa shape index (κ1) is 8.01. The molecule has 0 aliphatic carbocycles. The van der Waals surface area contributed by atoms with Crippen LogP contribution in [0.2, 0.25) is 0 Å². The molecule has 0 N–H and O–H groups in total. The van der Waals surface area contributed by atoms with Gasteiger partial charge in [0.15, 0.2) is 0 Å². The summed E-state index contributed by atoms with van der Waals surface area (Å²) in [6.45, 7) is 0. The third-order valence-electron chi connectivity index (χ3n) is 1.04. The maximum absolute atomic E-state index is 12.0. The molecule has 0 bridgehead atoms. The van der Waals surface area contributed by atoms with E-state index in [1.807, 2.05) is 0 Å². The van der Waals surface area contributed by atoms with Gasteiger partial charge >= 0.3 is 7.40 Å². The van der Waals surface area contributed by atoms with E-state index >= 15 is 0 Å². The molecule has 1 aromatic carbocycles. The van der Waals surface area contributed by atoms with E-state index in [0.29, 0.717) is 0 Å². The van der Waals surface area contributed by atoms with Gasteiger partial charge in [0, 0.05) is 0 Å². The average Bonchev–Trinajstić information content (AvgIpc) is 2.06. The Morgan fingerprint density at radius 3 is 2.36 bits per heavy atom. The average molecular weight is 158 g/mol. The molecule has 11 heavy (non-hydrogen) atoms. The molecule has 0 saturated carbocycles. The van der Waals surface area contributed by atoms with Gasteiger partial charge in [-0.05, 0) is 12.1 Å². The lowest BCUT2D eigenvalue weighted by molar-refractivity contribution is -0.0425. The number of para-hydroxylation sites is 1. The molecule has 0 fully saturated rings. The van der Waals surface area contributed by atoms with Crippen molar-refractivity contribution in [3.05, 3.63) is 30.3 Å². The molecule has 0 radical (unpaired) electrons. The Kier molecular flexibility index (Phi) is 2.86. The van der Waals surface area contributed by atoms with Gasteiger partial charge in [0.2, 0.25) is 0 Å². The monoisotopic (exact) mass is 158 g/mol. The van der Waals surface area contributed by atoms with E-state index in [2.05, 4.69) is 9.51 Å². The van der Waals surface area contributed by atoms with Crippen LogP contribution in [0.1, 0.15) is 0 Å². The van der Waals surface area contributed by atoms with Gasteiger partial charge in [0.05, 0.1) is 0 Å². The fourth-order valence-corrected chi connectivity index (χ4v) is 0.624. The van der Waals surface area contributed by atoms with Crippen molar-refractivity contribution in [2.45, 2.75) is 0 Å². The van der Waals surface area contributed by atoms with Crippen LogP contribution in [-0.2, 0) is 4.86 Å². The molecule has 5 heteroatoms. The van der Waals surface area contributed by atoms with Crippen molar-refractivity contribution in [3.63, 3.8) is 0 Å². The minimum atomic E-state index is -2.35. The standard InChI is InChI=1S/C6H5BF2O2/c8-7(11-9)10-6-4-2-1-3-5-6/h1-5H. The molecule has 1 aromatic rings. The van der Waals surface area contributed by atoms with Crippen molar-refractivity contribution in [2.75, 3.05) is 0 Å². The Balaban J connectivity index is 2.51. The molecular formula is C6H5BF2O2. The van der Waals surface area contributed by atoms with Gasteiger partial charge in [-0.25, -0.2) is 4.32 Å². The smallest absolute Gasteiger partial charge is 0.507 e. The Labute approximate surface area is 62.8 Å². The Bertz CT molecular complexity index is 207. The van der Waals surface area contributed by atoms with E-state index < -0.39 is 7.40 Å². The molecule has 1 rings (SSSR count). The zero-order valence-electron chi connectivity index (χ0n) is 5.54. The highest BCUT2D eigenvalue weighted by atomic mass is 19.3. The molecule has 0 aliphatic heterocycles. The highest BCUT2D eigenvalue weighted by Crippen LogP contribution is 2.10. The van der Waals surface area contributed by atoms with Crippen LogP contribution in [0.15, 0.2) is 30.3 Å². The summed E-state index contributed by atoms with van der Waals surface area (Å²) in [5, 5.41) is 0. The number of hydrogen-bond acceptors (Lipinski definition) is 2. The van der Waals surface area contributed by atoms with Gasteiger partial charge in [0.1, 0.15) is 5.75 Å². The molecule has 0 aromatic heterocycles. The third-order valence-corrected chi connectivity index (χ3v) is 1.04. The zero-order chi connectivity index (χ0) is 8.10. The lowest BCUT2D eigenvalue weighted by Gasteiger charge is -2.01. The van der Waals surface area contributed by atoms with Crippen molar-refractivity contribution in [1.82, 2.24) is 0 Å². The summed E-state index contributed by atoms with van der Waals surface area (Å²) in [7, 11) is -2.35. The van der Waals surface area contributed by atoms with Crippen LogP contribution in [0.4, 0.5) is 8.84 Å². The number of hydrogen-bond donors (Lipinski definition) is 0.